The number of hydrogen-bond donors (Lipinski definition) is 1. The number of carbonyl (C=O) groups is 2. The van der Waals surface area contributed by atoms with Gasteiger partial charge in [0.1, 0.15) is 0 Å². The van der Waals surface area contributed by atoms with Crippen molar-refractivity contribution >= 4 is 28.9 Å². The molecule has 5 heteroatoms. The van der Waals surface area contributed by atoms with E-state index < -0.39 is 0 Å². The molecule has 148 valence electrons. The Hall–Kier alpha value is -2.82. The first-order valence-electron chi connectivity index (χ1n) is 9.96. The number of nitrogens with zero attached hydrogens (tertiary/aromatic N) is 2. The molecule has 1 aliphatic rings. The Balaban J connectivity index is 1.67. The normalized spacial score (nSPS) is 16.4. The average Bonchev–Trinajstić information content (AvgIpc) is 3.07. The highest BCUT2D eigenvalue weighted by molar-refractivity contribution is 6.03. The van der Waals surface area contributed by atoms with Crippen LogP contribution in [-0.4, -0.2) is 31.4 Å². The second-order valence-electron chi connectivity index (χ2n) is 7.40. The first kappa shape index (κ1) is 19.9. The predicted molar refractivity (Wildman–Crippen MR) is 115 cm³/mol. The molecule has 0 spiro atoms. The van der Waals surface area contributed by atoms with Gasteiger partial charge in [-0.3, -0.25) is 9.59 Å². The summed E-state index contributed by atoms with van der Waals surface area (Å²) in [6.07, 6.45) is 0.247. The van der Waals surface area contributed by atoms with Crippen molar-refractivity contribution in [2.45, 2.75) is 34.1 Å². The standard InChI is InChI=1S/C23H29N3O2/c1-5-25(6-2)20-11-9-19(10-12-20)24-23(28)18-14-22(27)26(15-18)21-13-16(3)7-8-17(21)4/h7-13,18H,5-6,14-15H2,1-4H3,(H,24,28). The average molecular weight is 380 g/mol. The van der Waals surface area contributed by atoms with E-state index in [9.17, 15) is 9.59 Å². The second kappa shape index (κ2) is 8.46. The minimum absolute atomic E-state index is 0.00531. The molecule has 1 heterocycles. The maximum atomic E-state index is 12.7. The topological polar surface area (TPSA) is 52.7 Å². The van der Waals surface area contributed by atoms with Gasteiger partial charge in [-0.2, -0.15) is 0 Å². The molecule has 3 rings (SSSR count). The van der Waals surface area contributed by atoms with E-state index in [1.807, 2.05) is 56.3 Å². The van der Waals surface area contributed by atoms with Gasteiger partial charge in [-0.1, -0.05) is 12.1 Å². The lowest BCUT2D eigenvalue weighted by Crippen LogP contribution is -2.28. The zero-order valence-electron chi connectivity index (χ0n) is 17.2. The Bertz CT molecular complexity index is 857. The lowest BCUT2D eigenvalue weighted by Gasteiger charge is -2.21. The highest BCUT2D eigenvalue weighted by Crippen LogP contribution is 2.29. The van der Waals surface area contributed by atoms with Gasteiger partial charge in [-0.05, 0) is 69.2 Å². The van der Waals surface area contributed by atoms with Crippen LogP contribution >= 0.6 is 0 Å². The summed E-state index contributed by atoms with van der Waals surface area (Å²) in [7, 11) is 0. The van der Waals surface area contributed by atoms with Crippen molar-refractivity contribution in [3.05, 3.63) is 53.6 Å². The Morgan fingerprint density at radius 3 is 2.43 bits per heavy atom. The van der Waals surface area contributed by atoms with Gasteiger partial charge in [0.25, 0.3) is 0 Å². The smallest absolute Gasteiger partial charge is 0.229 e. The molecule has 1 aliphatic heterocycles. The van der Waals surface area contributed by atoms with Crippen LogP contribution in [0.5, 0.6) is 0 Å². The molecule has 0 aliphatic carbocycles. The fourth-order valence-electron chi connectivity index (χ4n) is 3.71. The van der Waals surface area contributed by atoms with E-state index in [1.54, 1.807) is 4.90 Å². The van der Waals surface area contributed by atoms with Crippen LogP contribution < -0.4 is 15.1 Å². The fraction of sp³-hybridized carbons (Fsp3) is 0.391. The molecule has 1 fully saturated rings. The number of anilines is 3. The number of amides is 2. The third-order valence-corrected chi connectivity index (χ3v) is 5.41. The molecule has 2 aromatic carbocycles. The molecule has 1 saturated heterocycles. The minimum Gasteiger partial charge on any atom is -0.372 e. The van der Waals surface area contributed by atoms with Gasteiger partial charge in [0, 0.05) is 43.1 Å². The van der Waals surface area contributed by atoms with Crippen LogP contribution in [0.1, 0.15) is 31.4 Å². The van der Waals surface area contributed by atoms with Crippen LogP contribution in [-0.2, 0) is 9.59 Å². The number of nitrogens with one attached hydrogen (secondary N) is 1. The van der Waals surface area contributed by atoms with Crippen LogP contribution in [0.3, 0.4) is 0 Å². The number of aryl methyl sites for hydroxylation is 2. The van der Waals surface area contributed by atoms with Gasteiger partial charge in [0.2, 0.25) is 11.8 Å². The number of benzene rings is 2. The van der Waals surface area contributed by atoms with Crippen molar-refractivity contribution < 1.29 is 9.59 Å². The second-order valence-corrected chi connectivity index (χ2v) is 7.40. The van der Waals surface area contributed by atoms with Crippen LogP contribution in [0.15, 0.2) is 42.5 Å². The third-order valence-electron chi connectivity index (χ3n) is 5.41. The van der Waals surface area contributed by atoms with Gasteiger partial charge in [-0.15, -0.1) is 0 Å². The molecular weight excluding hydrogens is 350 g/mol. The summed E-state index contributed by atoms with van der Waals surface area (Å²) in [5, 5.41) is 2.97. The molecular formula is C23H29N3O2. The molecule has 1 atom stereocenters. The van der Waals surface area contributed by atoms with Crippen molar-refractivity contribution in [3.63, 3.8) is 0 Å². The van der Waals surface area contributed by atoms with E-state index in [4.69, 9.17) is 0 Å². The molecule has 0 aromatic heterocycles. The zero-order valence-corrected chi connectivity index (χ0v) is 17.2. The zero-order chi connectivity index (χ0) is 20.3. The fourth-order valence-corrected chi connectivity index (χ4v) is 3.71. The predicted octanol–water partition coefficient (Wildman–Crippen LogP) is 4.14. The molecule has 5 nitrogen and oxygen atoms in total. The number of rotatable bonds is 6. The van der Waals surface area contributed by atoms with E-state index in [-0.39, 0.29) is 24.2 Å². The van der Waals surface area contributed by atoms with E-state index in [0.717, 1.165) is 41.3 Å². The summed E-state index contributed by atoms with van der Waals surface area (Å²) in [6, 6.07) is 13.9. The van der Waals surface area contributed by atoms with Crippen molar-refractivity contribution in [3.8, 4) is 0 Å². The SMILES string of the molecule is CCN(CC)c1ccc(NC(=O)C2CC(=O)N(c3cc(C)ccc3C)C2)cc1. The Morgan fingerprint density at radius 2 is 1.79 bits per heavy atom. The minimum atomic E-state index is -0.338. The van der Waals surface area contributed by atoms with E-state index in [1.165, 1.54) is 0 Å². The maximum Gasteiger partial charge on any atom is 0.229 e. The molecule has 28 heavy (non-hydrogen) atoms. The van der Waals surface area contributed by atoms with E-state index in [0.29, 0.717) is 6.54 Å². The summed E-state index contributed by atoms with van der Waals surface area (Å²) >= 11 is 0. The van der Waals surface area contributed by atoms with Gasteiger partial charge in [0.15, 0.2) is 0 Å². The monoisotopic (exact) mass is 379 g/mol. The highest BCUT2D eigenvalue weighted by Gasteiger charge is 2.35. The summed E-state index contributed by atoms with van der Waals surface area (Å²) < 4.78 is 0. The molecule has 1 N–H and O–H groups in total. The van der Waals surface area contributed by atoms with Crippen LogP contribution in [0, 0.1) is 19.8 Å². The van der Waals surface area contributed by atoms with Gasteiger partial charge < -0.3 is 15.1 Å². The summed E-state index contributed by atoms with van der Waals surface area (Å²) in [5.41, 5.74) is 4.96. The van der Waals surface area contributed by atoms with Gasteiger partial charge >= 0.3 is 0 Å². The molecule has 0 radical (unpaired) electrons. The van der Waals surface area contributed by atoms with Crippen molar-refractivity contribution in [1.29, 1.82) is 0 Å². The van der Waals surface area contributed by atoms with Crippen molar-refractivity contribution in [2.24, 2.45) is 5.92 Å². The number of hydrogen-bond acceptors (Lipinski definition) is 3. The lowest BCUT2D eigenvalue weighted by atomic mass is 10.1. The highest BCUT2D eigenvalue weighted by atomic mass is 16.2. The largest absolute Gasteiger partial charge is 0.372 e. The van der Waals surface area contributed by atoms with Gasteiger partial charge in [0.05, 0.1) is 5.92 Å². The molecule has 0 bridgehead atoms. The van der Waals surface area contributed by atoms with Gasteiger partial charge in [-0.25, -0.2) is 0 Å². The Kier molecular flexibility index (Phi) is 6.02. The Labute approximate surface area is 167 Å². The molecule has 1 unspecified atom stereocenters. The van der Waals surface area contributed by atoms with E-state index >= 15 is 0 Å². The first-order valence-corrected chi connectivity index (χ1v) is 9.96. The first-order chi connectivity index (χ1) is 13.4. The van der Waals surface area contributed by atoms with E-state index in [2.05, 4.69) is 24.1 Å². The molecule has 2 amide bonds. The van der Waals surface area contributed by atoms with Crippen LogP contribution in [0.2, 0.25) is 0 Å². The summed E-state index contributed by atoms with van der Waals surface area (Å²) in [6.45, 7) is 10.6. The lowest BCUT2D eigenvalue weighted by molar-refractivity contribution is -0.122. The molecule has 0 saturated carbocycles. The summed E-state index contributed by atoms with van der Waals surface area (Å²) in [4.78, 5) is 29.3. The maximum absolute atomic E-state index is 12.7. The Morgan fingerprint density at radius 1 is 1.11 bits per heavy atom. The summed E-state index contributed by atoms with van der Waals surface area (Å²) in [5.74, 6) is -0.433. The van der Waals surface area contributed by atoms with Crippen molar-refractivity contribution in [1.82, 2.24) is 0 Å². The quantitative estimate of drug-likeness (QED) is 0.821. The van der Waals surface area contributed by atoms with Crippen LogP contribution in [0.25, 0.3) is 0 Å². The number of carbonyl (C=O) groups excluding carboxylic acids is 2. The molecule has 2 aromatic rings. The third kappa shape index (κ3) is 4.19. The van der Waals surface area contributed by atoms with Crippen LogP contribution in [0.4, 0.5) is 17.1 Å². The van der Waals surface area contributed by atoms with Crippen molar-refractivity contribution in [2.75, 3.05) is 34.8 Å².